The average molecular weight is 267 g/mol. The van der Waals surface area contributed by atoms with Crippen LogP contribution < -0.4 is 5.32 Å². The van der Waals surface area contributed by atoms with Crippen molar-refractivity contribution in [1.82, 2.24) is 15.5 Å². The highest BCUT2D eigenvalue weighted by molar-refractivity contribution is 5.03. The molecule has 1 aliphatic rings. The third-order valence-electron chi connectivity index (χ3n) is 3.96. The van der Waals surface area contributed by atoms with Gasteiger partial charge in [-0.15, -0.1) is 0 Å². The highest BCUT2D eigenvalue weighted by Crippen LogP contribution is 2.38. The molecule has 2 rings (SSSR count). The van der Waals surface area contributed by atoms with Crippen LogP contribution in [0.4, 0.5) is 0 Å². The minimum absolute atomic E-state index is 0.318. The first kappa shape index (κ1) is 14.5. The molecule has 1 heterocycles. The molecule has 1 saturated carbocycles. The molecule has 0 amide bonds. The van der Waals surface area contributed by atoms with Crippen molar-refractivity contribution < 1.29 is 9.26 Å². The zero-order valence-corrected chi connectivity index (χ0v) is 12.2. The van der Waals surface area contributed by atoms with Gasteiger partial charge < -0.3 is 14.6 Å². The minimum atomic E-state index is -0.318. The monoisotopic (exact) mass is 267 g/mol. The first-order valence-corrected chi connectivity index (χ1v) is 7.32. The molecule has 0 spiro atoms. The molecule has 19 heavy (non-hydrogen) atoms. The topological polar surface area (TPSA) is 60.2 Å². The van der Waals surface area contributed by atoms with Crippen LogP contribution in [0.25, 0.3) is 0 Å². The van der Waals surface area contributed by atoms with Gasteiger partial charge in [-0.25, -0.2) is 0 Å². The van der Waals surface area contributed by atoms with E-state index in [2.05, 4.69) is 29.3 Å². The van der Waals surface area contributed by atoms with E-state index in [9.17, 15) is 0 Å². The van der Waals surface area contributed by atoms with Crippen molar-refractivity contribution in [2.24, 2.45) is 0 Å². The number of likely N-dealkylation sites (N-methyl/N-ethyl adjacent to an activating group) is 1. The largest absolute Gasteiger partial charge is 0.370 e. The number of nitrogens with zero attached hydrogens (tertiary/aromatic N) is 2. The third-order valence-corrected chi connectivity index (χ3v) is 3.96. The van der Waals surface area contributed by atoms with Crippen LogP contribution in [0.3, 0.4) is 0 Å². The van der Waals surface area contributed by atoms with Crippen LogP contribution >= 0.6 is 0 Å². The van der Waals surface area contributed by atoms with Gasteiger partial charge in [-0.05, 0) is 26.3 Å². The first-order valence-electron chi connectivity index (χ1n) is 7.32. The van der Waals surface area contributed by atoms with Gasteiger partial charge in [-0.3, -0.25) is 0 Å². The summed E-state index contributed by atoms with van der Waals surface area (Å²) in [7, 11) is 1.75. The minimum Gasteiger partial charge on any atom is -0.370 e. The van der Waals surface area contributed by atoms with Crippen LogP contribution in [0, 0.1) is 0 Å². The molecule has 1 unspecified atom stereocenters. The SMILES string of the molecule is CCNC(C)Cc1nc(C2(OC)CCCCC2)no1. The summed E-state index contributed by atoms with van der Waals surface area (Å²) in [4.78, 5) is 4.56. The van der Waals surface area contributed by atoms with Crippen LogP contribution in [0.2, 0.25) is 0 Å². The molecule has 5 heteroatoms. The molecule has 0 radical (unpaired) electrons. The van der Waals surface area contributed by atoms with E-state index < -0.39 is 0 Å². The molecule has 1 fully saturated rings. The number of aromatic nitrogens is 2. The Morgan fingerprint density at radius 1 is 1.37 bits per heavy atom. The maximum absolute atomic E-state index is 5.73. The van der Waals surface area contributed by atoms with Crippen molar-refractivity contribution in [2.45, 2.75) is 64.0 Å². The lowest BCUT2D eigenvalue weighted by Gasteiger charge is -2.32. The summed E-state index contributed by atoms with van der Waals surface area (Å²) < 4.78 is 11.1. The molecular formula is C14H25N3O2. The Labute approximate surface area is 115 Å². The zero-order chi connectivity index (χ0) is 13.7. The lowest BCUT2D eigenvalue weighted by molar-refractivity contribution is -0.0527. The Balaban J connectivity index is 2.06. The Kier molecular flexibility index (Phi) is 4.93. The molecule has 5 nitrogen and oxygen atoms in total. The fourth-order valence-electron chi connectivity index (χ4n) is 2.85. The van der Waals surface area contributed by atoms with Gasteiger partial charge >= 0.3 is 0 Å². The normalized spacial score (nSPS) is 20.4. The number of rotatable bonds is 6. The molecule has 1 aromatic heterocycles. The van der Waals surface area contributed by atoms with Crippen LogP contribution in [-0.2, 0) is 16.8 Å². The third kappa shape index (κ3) is 3.34. The van der Waals surface area contributed by atoms with Gasteiger partial charge in [-0.2, -0.15) is 4.98 Å². The fraction of sp³-hybridized carbons (Fsp3) is 0.857. The second-order valence-electron chi connectivity index (χ2n) is 5.43. The quantitative estimate of drug-likeness (QED) is 0.857. The molecular weight excluding hydrogens is 242 g/mol. The number of methoxy groups -OCH3 is 1. The maximum atomic E-state index is 5.73. The summed E-state index contributed by atoms with van der Waals surface area (Å²) in [6.45, 7) is 5.17. The van der Waals surface area contributed by atoms with E-state index >= 15 is 0 Å². The van der Waals surface area contributed by atoms with E-state index in [-0.39, 0.29) is 5.60 Å². The molecule has 1 N–H and O–H groups in total. The predicted molar refractivity (Wildman–Crippen MR) is 72.9 cm³/mol. The van der Waals surface area contributed by atoms with E-state index in [0.29, 0.717) is 11.9 Å². The molecule has 0 bridgehead atoms. The van der Waals surface area contributed by atoms with Crippen molar-refractivity contribution in [3.05, 3.63) is 11.7 Å². The average Bonchev–Trinajstić information content (AvgIpc) is 2.89. The maximum Gasteiger partial charge on any atom is 0.228 e. The summed E-state index contributed by atoms with van der Waals surface area (Å²) in [6.07, 6.45) is 6.36. The number of nitrogens with one attached hydrogen (secondary N) is 1. The van der Waals surface area contributed by atoms with E-state index in [1.54, 1.807) is 7.11 Å². The Bertz CT molecular complexity index is 386. The summed E-state index contributed by atoms with van der Waals surface area (Å²) in [5, 5.41) is 7.50. The van der Waals surface area contributed by atoms with Gasteiger partial charge in [0.15, 0.2) is 0 Å². The van der Waals surface area contributed by atoms with Crippen LogP contribution in [-0.4, -0.2) is 29.8 Å². The Morgan fingerprint density at radius 2 is 2.11 bits per heavy atom. The molecule has 1 aliphatic carbocycles. The predicted octanol–water partition coefficient (Wildman–Crippen LogP) is 2.42. The molecule has 0 aromatic carbocycles. The van der Waals surface area contributed by atoms with Gasteiger partial charge in [0.1, 0.15) is 5.60 Å². The summed E-state index contributed by atoms with van der Waals surface area (Å²) in [5.74, 6) is 1.43. The number of hydrogen-bond acceptors (Lipinski definition) is 5. The van der Waals surface area contributed by atoms with E-state index in [4.69, 9.17) is 9.26 Å². The van der Waals surface area contributed by atoms with E-state index in [1.807, 2.05) is 0 Å². The molecule has 1 aromatic rings. The fourth-order valence-corrected chi connectivity index (χ4v) is 2.85. The summed E-state index contributed by atoms with van der Waals surface area (Å²) in [5.41, 5.74) is -0.318. The number of hydrogen-bond donors (Lipinski definition) is 1. The first-order chi connectivity index (χ1) is 9.20. The highest BCUT2D eigenvalue weighted by Gasteiger charge is 2.38. The van der Waals surface area contributed by atoms with Crippen molar-refractivity contribution in [2.75, 3.05) is 13.7 Å². The molecule has 0 aliphatic heterocycles. The van der Waals surface area contributed by atoms with Crippen LogP contribution in [0.1, 0.15) is 57.7 Å². The molecule has 108 valence electrons. The van der Waals surface area contributed by atoms with Gasteiger partial charge in [0.2, 0.25) is 11.7 Å². The van der Waals surface area contributed by atoms with Gasteiger partial charge in [-0.1, -0.05) is 31.3 Å². The van der Waals surface area contributed by atoms with Crippen LogP contribution in [0.15, 0.2) is 4.52 Å². The smallest absolute Gasteiger partial charge is 0.228 e. The zero-order valence-electron chi connectivity index (χ0n) is 12.2. The van der Waals surface area contributed by atoms with Crippen molar-refractivity contribution >= 4 is 0 Å². The number of ether oxygens (including phenoxy) is 1. The summed E-state index contributed by atoms with van der Waals surface area (Å²) >= 11 is 0. The standard InChI is InChI=1S/C14H25N3O2/c1-4-15-11(2)10-12-16-13(17-19-12)14(18-3)8-6-5-7-9-14/h11,15H,4-10H2,1-3H3. The van der Waals surface area contributed by atoms with Crippen LogP contribution in [0.5, 0.6) is 0 Å². The second-order valence-corrected chi connectivity index (χ2v) is 5.43. The van der Waals surface area contributed by atoms with Crippen molar-refractivity contribution in [3.8, 4) is 0 Å². The van der Waals surface area contributed by atoms with Crippen molar-refractivity contribution in [3.63, 3.8) is 0 Å². The van der Waals surface area contributed by atoms with E-state index in [1.165, 1.54) is 19.3 Å². The summed E-state index contributed by atoms with van der Waals surface area (Å²) in [6, 6.07) is 0.350. The van der Waals surface area contributed by atoms with Gasteiger partial charge in [0.25, 0.3) is 0 Å². The lowest BCUT2D eigenvalue weighted by Crippen LogP contribution is -2.32. The Hall–Kier alpha value is -0.940. The molecule has 1 atom stereocenters. The Morgan fingerprint density at radius 3 is 2.74 bits per heavy atom. The van der Waals surface area contributed by atoms with E-state index in [0.717, 1.165) is 31.6 Å². The van der Waals surface area contributed by atoms with Gasteiger partial charge in [0, 0.05) is 19.6 Å². The van der Waals surface area contributed by atoms with Gasteiger partial charge in [0.05, 0.1) is 0 Å². The highest BCUT2D eigenvalue weighted by atomic mass is 16.5. The van der Waals surface area contributed by atoms with Crippen molar-refractivity contribution in [1.29, 1.82) is 0 Å². The lowest BCUT2D eigenvalue weighted by atomic mass is 9.84. The molecule has 0 saturated heterocycles. The second kappa shape index (κ2) is 6.48.